The van der Waals surface area contributed by atoms with E-state index in [1.807, 2.05) is 24.3 Å². The lowest BCUT2D eigenvalue weighted by molar-refractivity contribution is 0.0311. The van der Waals surface area contributed by atoms with Crippen molar-refractivity contribution >= 4 is 0 Å². The van der Waals surface area contributed by atoms with Gasteiger partial charge in [0.1, 0.15) is 0 Å². The molecule has 4 aliphatic rings. The zero-order valence-electron chi connectivity index (χ0n) is 9.53. The van der Waals surface area contributed by atoms with Gasteiger partial charge in [0, 0.05) is 11.3 Å². The van der Waals surface area contributed by atoms with Crippen LogP contribution in [0, 0.1) is 17.8 Å². The SMILES string of the molecule is O[C@@H]1[C@@H]2C[C@H]3[C@@H](C=C[C@@H]2O)[C@@]13c1ccccc1. The highest BCUT2D eigenvalue weighted by Crippen LogP contribution is 2.72. The second-order valence-electron chi connectivity index (χ2n) is 5.65. The summed E-state index contributed by atoms with van der Waals surface area (Å²) in [5.41, 5.74) is 1.14. The topological polar surface area (TPSA) is 40.5 Å². The van der Waals surface area contributed by atoms with Gasteiger partial charge < -0.3 is 10.2 Å². The molecule has 1 aromatic rings. The fourth-order valence-electron chi connectivity index (χ4n) is 4.35. The summed E-state index contributed by atoms with van der Waals surface area (Å²) in [7, 11) is 0. The molecular weight excluding hydrogens is 212 g/mol. The number of rotatable bonds is 1. The van der Waals surface area contributed by atoms with Gasteiger partial charge in [0.05, 0.1) is 12.2 Å². The summed E-state index contributed by atoms with van der Waals surface area (Å²) in [5, 5.41) is 20.6. The van der Waals surface area contributed by atoms with Crippen molar-refractivity contribution in [2.75, 3.05) is 0 Å². The molecule has 0 spiro atoms. The van der Waals surface area contributed by atoms with Crippen LogP contribution in [0.2, 0.25) is 0 Å². The molecule has 2 saturated carbocycles. The van der Waals surface area contributed by atoms with Crippen molar-refractivity contribution < 1.29 is 10.2 Å². The molecule has 4 bridgehead atoms. The van der Waals surface area contributed by atoms with Crippen LogP contribution >= 0.6 is 0 Å². The molecule has 6 atom stereocenters. The first-order valence-corrected chi connectivity index (χ1v) is 6.36. The molecular formula is C15H16O2. The molecule has 2 fully saturated rings. The minimum atomic E-state index is -0.467. The molecule has 0 heterocycles. The summed E-state index contributed by atoms with van der Waals surface area (Å²) in [6, 6.07) is 10.3. The predicted octanol–water partition coefficient (Wildman–Crippen LogP) is 1.48. The fraction of sp³-hybridized carbons (Fsp3) is 0.467. The quantitative estimate of drug-likeness (QED) is 0.715. The van der Waals surface area contributed by atoms with Crippen LogP contribution in [0.4, 0.5) is 0 Å². The van der Waals surface area contributed by atoms with E-state index < -0.39 is 12.2 Å². The van der Waals surface area contributed by atoms with Crippen LogP contribution < -0.4 is 0 Å². The molecule has 2 nitrogen and oxygen atoms in total. The minimum Gasteiger partial charge on any atom is -0.392 e. The Morgan fingerprint density at radius 1 is 1.06 bits per heavy atom. The summed E-state index contributed by atoms with van der Waals surface area (Å²) in [6.07, 6.45) is 4.10. The van der Waals surface area contributed by atoms with Crippen molar-refractivity contribution in [3.8, 4) is 0 Å². The van der Waals surface area contributed by atoms with Gasteiger partial charge in [0.2, 0.25) is 0 Å². The standard InChI is InChI=1S/C15H16O2/c16-13-7-6-11-12-8-10(13)14(17)15(11,12)9-4-2-1-3-5-9/h1-7,10-14,16-17H,8H2/t10-,11-,12+,13+,14-,15-/m1/s1. The van der Waals surface area contributed by atoms with Crippen molar-refractivity contribution in [1.29, 1.82) is 0 Å². The molecule has 2 heteroatoms. The first kappa shape index (κ1) is 9.86. The van der Waals surface area contributed by atoms with Crippen molar-refractivity contribution in [3.63, 3.8) is 0 Å². The molecule has 2 N–H and O–H groups in total. The monoisotopic (exact) mass is 228 g/mol. The molecule has 5 rings (SSSR count). The van der Waals surface area contributed by atoms with Crippen molar-refractivity contribution in [3.05, 3.63) is 48.0 Å². The maximum atomic E-state index is 10.6. The molecule has 0 aromatic heterocycles. The van der Waals surface area contributed by atoms with Gasteiger partial charge in [0.25, 0.3) is 0 Å². The van der Waals surface area contributed by atoms with Crippen molar-refractivity contribution in [2.45, 2.75) is 24.0 Å². The minimum absolute atomic E-state index is 0.0233. The molecule has 4 aliphatic carbocycles. The van der Waals surface area contributed by atoms with Crippen LogP contribution in [0.15, 0.2) is 42.5 Å². The van der Waals surface area contributed by atoms with E-state index in [0.29, 0.717) is 11.8 Å². The van der Waals surface area contributed by atoms with E-state index in [-0.39, 0.29) is 11.3 Å². The van der Waals surface area contributed by atoms with E-state index >= 15 is 0 Å². The first-order chi connectivity index (χ1) is 8.26. The van der Waals surface area contributed by atoms with Crippen LogP contribution in [-0.4, -0.2) is 22.4 Å². The van der Waals surface area contributed by atoms with Gasteiger partial charge in [0.15, 0.2) is 0 Å². The number of hydrogen-bond donors (Lipinski definition) is 2. The van der Waals surface area contributed by atoms with Gasteiger partial charge in [-0.2, -0.15) is 0 Å². The fourth-order valence-corrected chi connectivity index (χ4v) is 4.35. The highest BCUT2D eigenvalue weighted by Gasteiger charge is 2.74. The maximum Gasteiger partial charge on any atom is 0.0774 e. The Morgan fingerprint density at radius 3 is 2.59 bits per heavy atom. The second kappa shape index (κ2) is 3.01. The van der Waals surface area contributed by atoms with Crippen LogP contribution in [0.1, 0.15) is 12.0 Å². The Balaban J connectivity index is 1.85. The zero-order chi connectivity index (χ0) is 11.6. The summed E-state index contributed by atoms with van der Waals surface area (Å²) >= 11 is 0. The third kappa shape index (κ3) is 0.992. The molecule has 88 valence electrons. The molecule has 0 aliphatic heterocycles. The molecule has 17 heavy (non-hydrogen) atoms. The third-order valence-electron chi connectivity index (χ3n) is 5.14. The molecule has 0 radical (unpaired) electrons. The highest BCUT2D eigenvalue weighted by atomic mass is 16.3. The van der Waals surface area contributed by atoms with Gasteiger partial charge in [-0.1, -0.05) is 42.5 Å². The van der Waals surface area contributed by atoms with E-state index in [1.54, 1.807) is 0 Å². The highest BCUT2D eigenvalue weighted by molar-refractivity contribution is 5.46. The Morgan fingerprint density at radius 2 is 1.82 bits per heavy atom. The number of fused-ring (bicyclic) bond motifs is 1. The largest absolute Gasteiger partial charge is 0.392 e. The Kier molecular flexibility index (Phi) is 1.74. The lowest BCUT2D eigenvalue weighted by Gasteiger charge is -2.26. The smallest absolute Gasteiger partial charge is 0.0774 e. The van der Waals surface area contributed by atoms with Gasteiger partial charge in [-0.3, -0.25) is 0 Å². The molecule has 0 saturated heterocycles. The van der Waals surface area contributed by atoms with E-state index in [2.05, 4.69) is 18.2 Å². The lowest BCUT2D eigenvalue weighted by Crippen LogP contribution is -2.35. The summed E-state index contributed by atoms with van der Waals surface area (Å²) in [4.78, 5) is 0. The van der Waals surface area contributed by atoms with E-state index in [4.69, 9.17) is 0 Å². The average Bonchev–Trinajstić information content (AvgIpc) is 2.97. The van der Waals surface area contributed by atoms with Gasteiger partial charge in [-0.15, -0.1) is 0 Å². The van der Waals surface area contributed by atoms with Crippen LogP contribution in [0.3, 0.4) is 0 Å². The van der Waals surface area contributed by atoms with Crippen LogP contribution in [-0.2, 0) is 5.41 Å². The van der Waals surface area contributed by atoms with Crippen molar-refractivity contribution in [1.82, 2.24) is 0 Å². The number of allylic oxidation sites excluding steroid dienone is 1. The summed E-state index contributed by atoms with van der Waals surface area (Å²) in [5.74, 6) is 0.974. The second-order valence-corrected chi connectivity index (χ2v) is 5.65. The van der Waals surface area contributed by atoms with Crippen LogP contribution in [0.5, 0.6) is 0 Å². The first-order valence-electron chi connectivity index (χ1n) is 6.36. The van der Waals surface area contributed by atoms with Gasteiger partial charge in [-0.25, -0.2) is 0 Å². The van der Waals surface area contributed by atoms with Crippen molar-refractivity contribution in [2.24, 2.45) is 17.8 Å². The third-order valence-corrected chi connectivity index (χ3v) is 5.14. The summed E-state index contributed by atoms with van der Waals surface area (Å²) < 4.78 is 0. The van der Waals surface area contributed by atoms with Gasteiger partial charge in [-0.05, 0) is 23.8 Å². The Hall–Kier alpha value is -1.12. The zero-order valence-corrected chi connectivity index (χ0v) is 9.53. The number of aliphatic hydroxyl groups is 2. The van der Waals surface area contributed by atoms with Crippen LogP contribution in [0.25, 0.3) is 0 Å². The van der Waals surface area contributed by atoms with Gasteiger partial charge >= 0.3 is 0 Å². The Labute approximate surface area is 101 Å². The van der Waals surface area contributed by atoms with E-state index in [9.17, 15) is 10.2 Å². The Bertz CT molecular complexity index is 481. The number of hydrogen-bond acceptors (Lipinski definition) is 2. The van der Waals surface area contributed by atoms with E-state index in [0.717, 1.165) is 6.42 Å². The lowest BCUT2D eigenvalue weighted by atomic mass is 9.84. The number of benzene rings is 1. The number of aliphatic hydroxyl groups excluding tert-OH is 2. The molecule has 0 amide bonds. The van der Waals surface area contributed by atoms with E-state index in [1.165, 1.54) is 5.56 Å². The summed E-state index contributed by atoms with van der Waals surface area (Å²) in [6.45, 7) is 0. The normalized spacial score (nSPS) is 50.1. The molecule has 0 unspecified atom stereocenters. The molecule has 1 aromatic carbocycles. The predicted molar refractivity (Wildman–Crippen MR) is 64.4 cm³/mol. The average molecular weight is 228 g/mol. The maximum absolute atomic E-state index is 10.6.